The topological polar surface area (TPSA) is 24.1 Å². The van der Waals surface area contributed by atoms with Crippen molar-refractivity contribution < 1.29 is 4.57 Å². The molecule has 0 saturated heterocycles. The van der Waals surface area contributed by atoms with E-state index in [1.54, 1.807) is 0 Å². The van der Waals surface area contributed by atoms with E-state index in [-0.39, 0.29) is 5.41 Å². The molecule has 0 radical (unpaired) electrons. The Balaban J connectivity index is 1.81. The fourth-order valence-corrected chi connectivity index (χ4v) is 3.37. The van der Waals surface area contributed by atoms with Gasteiger partial charge in [-0.3, -0.25) is 0 Å². The molecule has 3 heteroatoms. The Morgan fingerprint density at radius 3 is 2.42 bits per heavy atom. The van der Waals surface area contributed by atoms with Crippen molar-refractivity contribution in [1.29, 1.82) is 0 Å². The number of hydrogen-bond acceptors (Lipinski definition) is 0. The molecule has 0 amide bonds. The average molecular weight is 318 g/mol. The first-order valence-electron chi connectivity index (χ1n) is 8.51. The number of imidazole rings is 2. The minimum atomic E-state index is 0.193. The fraction of sp³-hybridized carbons (Fsp3) is 0.286. The Hall–Kier alpha value is -2.55. The predicted octanol–water partition coefficient (Wildman–Crippen LogP) is 4.36. The van der Waals surface area contributed by atoms with E-state index in [1.165, 1.54) is 27.9 Å². The summed E-state index contributed by atoms with van der Waals surface area (Å²) in [5.41, 5.74) is 6.55. The third-order valence-corrected chi connectivity index (χ3v) is 4.71. The summed E-state index contributed by atoms with van der Waals surface area (Å²) in [6.45, 7) is 9.72. The minimum Gasteiger partial charge on any atom is -0.245 e. The maximum absolute atomic E-state index is 3.50. The van der Waals surface area contributed by atoms with Crippen molar-refractivity contribution in [3.8, 4) is 0 Å². The van der Waals surface area contributed by atoms with Gasteiger partial charge in [-0.2, -0.15) is 4.40 Å². The van der Waals surface area contributed by atoms with E-state index >= 15 is 0 Å². The summed E-state index contributed by atoms with van der Waals surface area (Å²) in [6.07, 6.45) is 2.16. The number of nitrogens with one attached hydrogen (secondary N) is 1. The largest absolute Gasteiger partial charge is 0.368 e. The lowest BCUT2D eigenvalue weighted by molar-refractivity contribution is -0.638. The van der Waals surface area contributed by atoms with Gasteiger partial charge in [-0.05, 0) is 35.6 Å². The second-order valence-electron chi connectivity index (χ2n) is 7.65. The molecule has 24 heavy (non-hydrogen) atoms. The third-order valence-electron chi connectivity index (χ3n) is 4.71. The highest BCUT2D eigenvalue weighted by Crippen LogP contribution is 2.22. The van der Waals surface area contributed by atoms with Gasteiger partial charge in [0.15, 0.2) is 0 Å². The van der Waals surface area contributed by atoms with Crippen LogP contribution in [-0.4, -0.2) is 9.38 Å². The first-order valence-corrected chi connectivity index (χ1v) is 8.51. The molecular formula is C21H24N3+. The maximum atomic E-state index is 3.50. The number of fused-ring (bicyclic) bond motifs is 3. The van der Waals surface area contributed by atoms with Crippen molar-refractivity contribution >= 4 is 16.8 Å². The summed E-state index contributed by atoms with van der Waals surface area (Å²) >= 11 is 0. The van der Waals surface area contributed by atoms with Gasteiger partial charge in [0, 0.05) is 0 Å². The molecule has 4 rings (SSSR count). The Morgan fingerprint density at radius 2 is 1.71 bits per heavy atom. The zero-order valence-corrected chi connectivity index (χ0v) is 14.8. The quantitative estimate of drug-likeness (QED) is 0.531. The van der Waals surface area contributed by atoms with Crippen LogP contribution in [0.1, 0.15) is 37.6 Å². The molecule has 1 N–H and O–H groups in total. The Kier molecular flexibility index (Phi) is 3.27. The molecule has 0 saturated carbocycles. The third kappa shape index (κ3) is 2.41. The van der Waals surface area contributed by atoms with Crippen LogP contribution in [0.2, 0.25) is 0 Å². The highest BCUT2D eigenvalue weighted by Gasteiger charge is 2.20. The lowest BCUT2D eigenvalue weighted by Gasteiger charge is -2.19. The molecular weight excluding hydrogens is 294 g/mol. The van der Waals surface area contributed by atoms with E-state index in [2.05, 4.69) is 96.4 Å². The van der Waals surface area contributed by atoms with Crippen LogP contribution in [0, 0.1) is 6.92 Å². The van der Waals surface area contributed by atoms with E-state index in [0.717, 1.165) is 12.3 Å². The van der Waals surface area contributed by atoms with E-state index in [9.17, 15) is 0 Å². The van der Waals surface area contributed by atoms with Crippen LogP contribution in [-0.2, 0) is 12.0 Å². The molecule has 2 aromatic heterocycles. The molecule has 0 aliphatic carbocycles. The molecule has 3 nitrogen and oxygen atoms in total. The number of rotatable bonds is 2. The van der Waals surface area contributed by atoms with E-state index in [0.29, 0.717) is 0 Å². The van der Waals surface area contributed by atoms with Gasteiger partial charge >= 0.3 is 5.78 Å². The first-order chi connectivity index (χ1) is 11.4. The molecule has 0 atom stereocenters. The van der Waals surface area contributed by atoms with Gasteiger partial charge in [-0.15, -0.1) is 0 Å². The lowest BCUT2D eigenvalue weighted by atomic mass is 9.87. The number of nitrogens with zero attached hydrogens (tertiary/aromatic N) is 2. The van der Waals surface area contributed by atoms with Crippen molar-refractivity contribution in [2.45, 2.75) is 39.7 Å². The van der Waals surface area contributed by atoms with Crippen LogP contribution in [0.5, 0.6) is 0 Å². The monoisotopic (exact) mass is 318 g/mol. The highest BCUT2D eigenvalue weighted by atomic mass is 15.2. The van der Waals surface area contributed by atoms with Crippen LogP contribution in [0.3, 0.4) is 0 Å². The van der Waals surface area contributed by atoms with E-state index in [1.807, 2.05) is 0 Å². The number of aromatic nitrogens is 3. The molecule has 0 bridgehead atoms. The molecule has 0 aliphatic rings. The van der Waals surface area contributed by atoms with Crippen LogP contribution in [0.25, 0.3) is 16.8 Å². The zero-order valence-electron chi connectivity index (χ0n) is 14.8. The van der Waals surface area contributed by atoms with Crippen molar-refractivity contribution in [2.75, 3.05) is 0 Å². The van der Waals surface area contributed by atoms with Crippen LogP contribution in [0.4, 0.5) is 0 Å². The van der Waals surface area contributed by atoms with E-state index in [4.69, 9.17) is 0 Å². The summed E-state index contributed by atoms with van der Waals surface area (Å²) in [5, 5.41) is 0. The van der Waals surface area contributed by atoms with Gasteiger partial charge in [-0.25, -0.2) is 9.55 Å². The molecule has 0 aliphatic heterocycles. The smallest absolute Gasteiger partial charge is 0.245 e. The number of para-hydroxylation sites is 2. The van der Waals surface area contributed by atoms with Gasteiger partial charge < -0.3 is 0 Å². The summed E-state index contributed by atoms with van der Waals surface area (Å²) in [4.78, 5) is 3.50. The Bertz CT molecular complexity index is 1010. The van der Waals surface area contributed by atoms with Crippen molar-refractivity contribution in [1.82, 2.24) is 9.38 Å². The van der Waals surface area contributed by atoms with Crippen molar-refractivity contribution in [2.24, 2.45) is 0 Å². The van der Waals surface area contributed by atoms with E-state index < -0.39 is 0 Å². The second kappa shape index (κ2) is 5.23. The van der Waals surface area contributed by atoms with Gasteiger partial charge in [0.2, 0.25) is 0 Å². The summed E-state index contributed by atoms with van der Waals surface area (Å²) in [7, 11) is 0. The van der Waals surface area contributed by atoms with Crippen molar-refractivity contribution in [3.05, 3.63) is 71.5 Å². The zero-order chi connectivity index (χ0) is 16.9. The van der Waals surface area contributed by atoms with Crippen LogP contribution < -0.4 is 4.57 Å². The van der Waals surface area contributed by atoms with Gasteiger partial charge in [-0.1, -0.05) is 57.2 Å². The highest BCUT2D eigenvalue weighted by molar-refractivity contribution is 5.75. The van der Waals surface area contributed by atoms with Crippen LogP contribution in [0.15, 0.2) is 54.7 Å². The average Bonchev–Trinajstić information content (AvgIpc) is 3.05. The molecule has 0 spiro atoms. The number of hydrogen-bond donors (Lipinski definition) is 1. The van der Waals surface area contributed by atoms with Crippen LogP contribution >= 0.6 is 0 Å². The summed E-state index contributed by atoms with van der Waals surface area (Å²) in [6, 6.07) is 17.6. The number of aromatic amines is 1. The Morgan fingerprint density at radius 1 is 1.00 bits per heavy atom. The Labute approximate surface area is 142 Å². The molecule has 2 heterocycles. The summed E-state index contributed by atoms with van der Waals surface area (Å²) in [5.74, 6) is 1.13. The molecule has 0 fully saturated rings. The van der Waals surface area contributed by atoms with Gasteiger partial charge in [0.05, 0.1) is 6.54 Å². The SMILES string of the molecule is Cc1cn2c3ccccc3[n+](Cc3ccc(C(C)(C)C)cc3)c2[nH]1. The molecule has 2 aromatic carbocycles. The van der Waals surface area contributed by atoms with Crippen molar-refractivity contribution in [3.63, 3.8) is 0 Å². The number of benzene rings is 2. The van der Waals surface area contributed by atoms with Gasteiger partial charge in [0.1, 0.15) is 22.9 Å². The molecule has 122 valence electrons. The predicted molar refractivity (Wildman–Crippen MR) is 98.4 cm³/mol. The lowest BCUT2D eigenvalue weighted by Crippen LogP contribution is -2.34. The maximum Gasteiger partial charge on any atom is 0.368 e. The first kappa shape index (κ1) is 15.0. The summed E-state index contributed by atoms with van der Waals surface area (Å²) < 4.78 is 4.60. The fourth-order valence-electron chi connectivity index (χ4n) is 3.37. The minimum absolute atomic E-state index is 0.193. The second-order valence-corrected chi connectivity index (χ2v) is 7.65. The molecule has 0 unspecified atom stereocenters. The van der Waals surface area contributed by atoms with Gasteiger partial charge in [0.25, 0.3) is 0 Å². The normalized spacial score (nSPS) is 12.3. The number of H-pyrrole nitrogens is 1. The standard InChI is InChI=1S/C21H23N3/c1-15-13-23-18-7-5-6-8-19(18)24(20(23)22-15)14-16-9-11-17(12-10-16)21(2,3)4/h5-13H,14H2,1-4H3/p+1. The molecule has 4 aromatic rings. The number of aryl methyl sites for hydroxylation is 1.